The van der Waals surface area contributed by atoms with Crippen molar-refractivity contribution in [3.63, 3.8) is 0 Å². The Morgan fingerprint density at radius 1 is 1.37 bits per heavy atom. The minimum absolute atomic E-state index is 0.0589. The summed E-state index contributed by atoms with van der Waals surface area (Å²) in [6.07, 6.45) is 1.14. The Labute approximate surface area is 119 Å². The Balaban J connectivity index is 2.04. The van der Waals surface area contributed by atoms with Crippen LogP contribution >= 0.6 is 11.6 Å². The maximum absolute atomic E-state index is 6.02. The van der Waals surface area contributed by atoms with Gasteiger partial charge in [0.15, 0.2) is 0 Å². The number of benzene rings is 1. The van der Waals surface area contributed by atoms with Gasteiger partial charge in [0.25, 0.3) is 0 Å². The van der Waals surface area contributed by atoms with Gasteiger partial charge in [0.2, 0.25) is 0 Å². The molecule has 1 aliphatic rings. The van der Waals surface area contributed by atoms with Crippen LogP contribution in [0.5, 0.6) is 5.75 Å². The van der Waals surface area contributed by atoms with Crippen molar-refractivity contribution in [3.05, 3.63) is 23.2 Å². The quantitative estimate of drug-likeness (QED) is 0.872. The number of anilines is 1. The molecule has 1 aromatic carbocycles. The highest BCUT2D eigenvalue weighted by atomic mass is 35.5. The lowest BCUT2D eigenvalue weighted by Crippen LogP contribution is -2.56. The summed E-state index contributed by atoms with van der Waals surface area (Å²) >= 11 is 6.02. The monoisotopic (exact) mass is 285 g/mol. The lowest BCUT2D eigenvalue weighted by Gasteiger charge is -2.43. The average molecular weight is 286 g/mol. The standard InChI is InChI=1S/C14H20ClNO3/c1-4-19-13-8-11(14(13)18-3)16-10-7-9(15)5-6-12(10)17-2/h5-7,11,13-14,16H,4,8H2,1-3H3. The van der Waals surface area contributed by atoms with E-state index in [1.54, 1.807) is 14.2 Å². The van der Waals surface area contributed by atoms with Crippen LogP contribution in [0.15, 0.2) is 18.2 Å². The van der Waals surface area contributed by atoms with Crippen molar-refractivity contribution in [2.45, 2.75) is 31.6 Å². The SMILES string of the molecule is CCOC1CC(Nc2cc(Cl)ccc2OC)C1OC. The summed E-state index contributed by atoms with van der Waals surface area (Å²) in [5, 5.41) is 4.09. The van der Waals surface area contributed by atoms with Gasteiger partial charge in [0.1, 0.15) is 11.9 Å². The molecule has 0 heterocycles. The van der Waals surface area contributed by atoms with E-state index in [4.69, 9.17) is 25.8 Å². The highest BCUT2D eigenvalue weighted by Gasteiger charge is 2.42. The number of nitrogens with one attached hydrogen (secondary N) is 1. The molecule has 19 heavy (non-hydrogen) atoms. The van der Waals surface area contributed by atoms with E-state index in [0.717, 1.165) is 17.9 Å². The molecule has 5 heteroatoms. The fourth-order valence-corrected chi connectivity index (χ4v) is 2.58. The molecule has 106 valence electrons. The zero-order chi connectivity index (χ0) is 13.8. The van der Waals surface area contributed by atoms with E-state index in [0.29, 0.717) is 11.6 Å². The van der Waals surface area contributed by atoms with E-state index >= 15 is 0 Å². The molecule has 1 aliphatic carbocycles. The van der Waals surface area contributed by atoms with Crippen LogP contribution in [0.25, 0.3) is 0 Å². The number of methoxy groups -OCH3 is 2. The third-order valence-corrected chi connectivity index (χ3v) is 3.64. The molecule has 0 saturated heterocycles. The molecule has 2 rings (SSSR count). The third-order valence-electron chi connectivity index (χ3n) is 3.40. The highest BCUT2D eigenvalue weighted by molar-refractivity contribution is 6.30. The zero-order valence-corrected chi connectivity index (χ0v) is 12.2. The van der Waals surface area contributed by atoms with Gasteiger partial charge >= 0.3 is 0 Å². The predicted octanol–water partition coefficient (Wildman–Crippen LogP) is 2.95. The largest absolute Gasteiger partial charge is 0.495 e. The topological polar surface area (TPSA) is 39.7 Å². The first-order chi connectivity index (χ1) is 9.19. The van der Waals surface area contributed by atoms with Crippen molar-refractivity contribution < 1.29 is 14.2 Å². The lowest BCUT2D eigenvalue weighted by atomic mass is 9.85. The number of hydrogen-bond acceptors (Lipinski definition) is 4. The molecule has 1 aromatic rings. The molecule has 3 unspecified atom stereocenters. The van der Waals surface area contributed by atoms with Crippen molar-refractivity contribution in [1.29, 1.82) is 0 Å². The molecule has 1 N–H and O–H groups in total. The lowest BCUT2D eigenvalue weighted by molar-refractivity contribution is -0.118. The van der Waals surface area contributed by atoms with Gasteiger partial charge in [-0.15, -0.1) is 0 Å². The first-order valence-electron chi connectivity index (χ1n) is 6.44. The highest BCUT2D eigenvalue weighted by Crippen LogP contribution is 2.34. The fourth-order valence-electron chi connectivity index (χ4n) is 2.41. The first-order valence-corrected chi connectivity index (χ1v) is 6.81. The Bertz CT molecular complexity index is 427. The molecule has 1 saturated carbocycles. The van der Waals surface area contributed by atoms with Gasteiger partial charge in [0, 0.05) is 18.7 Å². The summed E-state index contributed by atoms with van der Waals surface area (Å²) in [4.78, 5) is 0. The fraction of sp³-hybridized carbons (Fsp3) is 0.571. The van der Waals surface area contributed by atoms with Gasteiger partial charge < -0.3 is 19.5 Å². The van der Waals surface area contributed by atoms with Crippen molar-refractivity contribution >= 4 is 17.3 Å². The van der Waals surface area contributed by atoms with E-state index < -0.39 is 0 Å². The van der Waals surface area contributed by atoms with Gasteiger partial charge in [-0.2, -0.15) is 0 Å². The summed E-state index contributed by atoms with van der Waals surface area (Å²) in [5.74, 6) is 0.777. The molecule has 3 atom stereocenters. The van der Waals surface area contributed by atoms with Crippen LogP contribution in [-0.4, -0.2) is 39.1 Å². The molecule has 0 radical (unpaired) electrons. The molecule has 1 fully saturated rings. The van der Waals surface area contributed by atoms with Gasteiger partial charge in [0.05, 0.1) is 24.9 Å². The van der Waals surface area contributed by atoms with Crippen LogP contribution in [0, 0.1) is 0 Å². The first kappa shape index (κ1) is 14.4. The maximum atomic E-state index is 6.02. The van der Waals surface area contributed by atoms with E-state index in [1.165, 1.54) is 0 Å². The minimum atomic E-state index is 0.0589. The van der Waals surface area contributed by atoms with Crippen LogP contribution in [0.2, 0.25) is 5.02 Å². The minimum Gasteiger partial charge on any atom is -0.495 e. The second-order valence-electron chi connectivity index (χ2n) is 4.53. The van der Waals surface area contributed by atoms with Gasteiger partial charge in [-0.1, -0.05) is 11.6 Å². The summed E-state index contributed by atoms with van der Waals surface area (Å²) < 4.78 is 16.4. The van der Waals surface area contributed by atoms with Crippen molar-refractivity contribution in [2.75, 3.05) is 26.1 Å². The molecular formula is C14H20ClNO3. The average Bonchev–Trinajstić information content (AvgIpc) is 2.38. The van der Waals surface area contributed by atoms with Gasteiger partial charge in [-0.25, -0.2) is 0 Å². The molecule has 0 aromatic heterocycles. The van der Waals surface area contributed by atoms with Crippen LogP contribution in [0.1, 0.15) is 13.3 Å². The normalized spacial score (nSPS) is 25.8. The Morgan fingerprint density at radius 3 is 2.79 bits per heavy atom. The van der Waals surface area contributed by atoms with E-state index in [2.05, 4.69) is 5.32 Å². The molecule has 0 amide bonds. The summed E-state index contributed by atoms with van der Waals surface area (Å²) in [7, 11) is 3.35. The molecule has 0 bridgehead atoms. The van der Waals surface area contributed by atoms with Crippen LogP contribution in [-0.2, 0) is 9.47 Å². The Kier molecular flexibility index (Phi) is 4.91. The smallest absolute Gasteiger partial charge is 0.142 e. The van der Waals surface area contributed by atoms with Gasteiger partial charge in [-0.3, -0.25) is 0 Å². The van der Waals surface area contributed by atoms with Crippen LogP contribution < -0.4 is 10.1 Å². The molecule has 0 aliphatic heterocycles. The van der Waals surface area contributed by atoms with Crippen molar-refractivity contribution in [3.8, 4) is 5.75 Å². The zero-order valence-electron chi connectivity index (χ0n) is 11.5. The second-order valence-corrected chi connectivity index (χ2v) is 4.96. The predicted molar refractivity (Wildman–Crippen MR) is 76.2 cm³/mol. The van der Waals surface area contributed by atoms with Gasteiger partial charge in [-0.05, 0) is 31.5 Å². The third kappa shape index (κ3) is 3.14. The van der Waals surface area contributed by atoms with Crippen molar-refractivity contribution in [2.24, 2.45) is 0 Å². The Morgan fingerprint density at radius 2 is 2.16 bits per heavy atom. The molecule has 4 nitrogen and oxygen atoms in total. The summed E-state index contributed by atoms with van der Waals surface area (Å²) in [6.45, 7) is 2.70. The number of hydrogen-bond donors (Lipinski definition) is 1. The summed E-state index contributed by atoms with van der Waals surface area (Å²) in [5.41, 5.74) is 0.886. The second kappa shape index (κ2) is 6.46. The summed E-state index contributed by atoms with van der Waals surface area (Å²) in [6, 6.07) is 5.74. The van der Waals surface area contributed by atoms with Crippen molar-refractivity contribution in [1.82, 2.24) is 0 Å². The maximum Gasteiger partial charge on any atom is 0.142 e. The number of ether oxygens (including phenoxy) is 3. The van der Waals surface area contributed by atoms with E-state index in [1.807, 2.05) is 25.1 Å². The van der Waals surface area contributed by atoms with E-state index in [-0.39, 0.29) is 18.2 Å². The number of halogens is 1. The molecular weight excluding hydrogens is 266 g/mol. The number of rotatable bonds is 6. The van der Waals surface area contributed by atoms with E-state index in [9.17, 15) is 0 Å². The molecule has 0 spiro atoms. The Hall–Kier alpha value is -0.970. The van der Waals surface area contributed by atoms with Crippen LogP contribution in [0.4, 0.5) is 5.69 Å². The van der Waals surface area contributed by atoms with Crippen LogP contribution in [0.3, 0.4) is 0 Å².